The first kappa shape index (κ1) is 17.1. The summed E-state index contributed by atoms with van der Waals surface area (Å²) in [5.41, 5.74) is 1.75. The average molecular weight is 376 g/mol. The van der Waals surface area contributed by atoms with Crippen LogP contribution in [0.2, 0.25) is 0 Å². The summed E-state index contributed by atoms with van der Waals surface area (Å²) in [5.74, 6) is 0.220. The van der Waals surface area contributed by atoms with Gasteiger partial charge < -0.3 is 9.88 Å². The molecule has 0 aliphatic rings. The molecule has 6 nitrogen and oxygen atoms in total. The van der Waals surface area contributed by atoms with E-state index in [1.807, 2.05) is 36.4 Å². The van der Waals surface area contributed by atoms with E-state index in [0.717, 1.165) is 10.6 Å². The van der Waals surface area contributed by atoms with Crippen LogP contribution in [0.25, 0.3) is 21.5 Å². The molecule has 0 atom stereocenters. The van der Waals surface area contributed by atoms with Crippen LogP contribution in [0.5, 0.6) is 0 Å². The summed E-state index contributed by atoms with van der Waals surface area (Å²) in [5, 5.41) is 3.07. The number of benzene rings is 2. The standard InChI is InChI=1S/C20H16N4O2S/c1-24(11-17-21-15-10-6-5-9-14(15)18(25)23-17)20(26)16-12-27-19(22-16)13-7-3-2-4-8-13/h2-10,12H,11H2,1H3,(H,21,23,25). The number of thiazole rings is 1. The van der Waals surface area contributed by atoms with E-state index in [9.17, 15) is 9.59 Å². The van der Waals surface area contributed by atoms with Crippen LogP contribution in [0, 0.1) is 0 Å². The molecule has 0 unspecified atom stereocenters. The minimum Gasteiger partial charge on any atom is -0.333 e. The Morgan fingerprint density at radius 3 is 2.63 bits per heavy atom. The van der Waals surface area contributed by atoms with Gasteiger partial charge in [-0.3, -0.25) is 9.59 Å². The highest BCUT2D eigenvalue weighted by atomic mass is 32.1. The lowest BCUT2D eigenvalue weighted by Crippen LogP contribution is -2.28. The Morgan fingerprint density at radius 2 is 1.81 bits per heavy atom. The predicted molar refractivity (Wildman–Crippen MR) is 106 cm³/mol. The van der Waals surface area contributed by atoms with Gasteiger partial charge in [-0.2, -0.15) is 0 Å². The number of nitrogens with one attached hydrogen (secondary N) is 1. The fourth-order valence-corrected chi connectivity index (χ4v) is 3.59. The maximum absolute atomic E-state index is 12.7. The third-order valence-corrected chi connectivity index (χ3v) is 5.03. The summed E-state index contributed by atoms with van der Waals surface area (Å²) in [6.07, 6.45) is 0. The second-order valence-electron chi connectivity index (χ2n) is 6.09. The number of rotatable bonds is 4. The molecule has 0 bridgehead atoms. The summed E-state index contributed by atoms with van der Waals surface area (Å²) in [7, 11) is 1.67. The molecule has 134 valence electrons. The van der Waals surface area contributed by atoms with E-state index in [-0.39, 0.29) is 18.0 Å². The summed E-state index contributed by atoms with van der Waals surface area (Å²) in [6, 6.07) is 16.9. The van der Waals surface area contributed by atoms with Crippen molar-refractivity contribution in [1.29, 1.82) is 0 Å². The molecule has 1 amide bonds. The van der Waals surface area contributed by atoms with E-state index >= 15 is 0 Å². The van der Waals surface area contributed by atoms with Gasteiger partial charge in [-0.05, 0) is 12.1 Å². The highest BCUT2D eigenvalue weighted by molar-refractivity contribution is 7.13. The van der Waals surface area contributed by atoms with Crippen LogP contribution in [0.1, 0.15) is 16.3 Å². The van der Waals surface area contributed by atoms with Gasteiger partial charge in [0.2, 0.25) is 0 Å². The van der Waals surface area contributed by atoms with Crippen molar-refractivity contribution in [1.82, 2.24) is 19.9 Å². The molecule has 0 spiro atoms. The van der Waals surface area contributed by atoms with E-state index in [2.05, 4.69) is 15.0 Å². The van der Waals surface area contributed by atoms with Gasteiger partial charge in [-0.1, -0.05) is 42.5 Å². The van der Waals surface area contributed by atoms with Crippen LogP contribution in [-0.2, 0) is 6.54 Å². The van der Waals surface area contributed by atoms with Gasteiger partial charge in [0.1, 0.15) is 16.5 Å². The third-order valence-electron chi connectivity index (χ3n) is 4.14. The van der Waals surface area contributed by atoms with Crippen molar-refractivity contribution in [3.63, 3.8) is 0 Å². The van der Waals surface area contributed by atoms with Crippen molar-refractivity contribution in [3.8, 4) is 10.6 Å². The van der Waals surface area contributed by atoms with E-state index in [1.165, 1.54) is 16.2 Å². The van der Waals surface area contributed by atoms with Crippen LogP contribution < -0.4 is 5.56 Å². The molecule has 0 saturated heterocycles. The highest BCUT2D eigenvalue weighted by Crippen LogP contribution is 2.23. The maximum atomic E-state index is 12.7. The number of aromatic amines is 1. The molecule has 27 heavy (non-hydrogen) atoms. The number of hydrogen-bond donors (Lipinski definition) is 1. The predicted octanol–water partition coefficient (Wildman–Crippen LogP) is 3.32. The lowest BCUT2D eigenvalue weighted by molar-refractivity contribution is 0.0776. The lowest BCUT2D eigenvalue weighted by Gasteiger charge is -2.15. The molecule has 4 aromatic rings. The van der Waals surface area contributed by atoms with Gasteiger partial charge in [0.15, 0.2) is 0 Å². The zero-order valence-electron chi connectivity index (χ0n) is 14.5. The van der Waals surface area contributed by atoms with E-state index in [1.54, 1.807) is 30.6 Å². The quantitative estimate of drug-likeness (QED) is 0.593. The minimum atomic E-state index is -0.218. The Morgan fingerprint density at radius 1 is 1.07 bits per heavy atom. The first-order valence-electron chi connectivity index (χ1n) is 8.36. The largest absolute Gasteiger partial charge is 0.333 e. The number of carbonyl (C=O) groups excluding carboxylic acids is 1. The SMILES string of the molecule is CN(Cc1nc2ccccc2c(=O)[nH]1)C(=O)c1csc(-c2ccccc2)n1. The summed E-state index contributed by atoms with van der Waals surface area (Å²) in [6.45, 7) is 0.192. The normalized spacial score (nSPS) is 10.9. The molecular formula is C20H16N4O2S. The molecule has 1 N–H and O–H groups in total. The molecule has 7 heteroatoms. The van der Waals surface area contributed by atoms with Crippen LogP contribution in [-0.4, -0.2) is 32.8 Å². The lowest BCUT2D eigenvalue weighted by atomic mass is 10.2. The molecule has 2 aromatic carbocycles. The first-order chi connectivity index (χ1) is 13.1. The second kappa shape index (κ2) is 7.13. The van der Waals surface area contributed by atoms with Crippen molar-refractivity contribution in [2.24, 2.45) is 0 Å². The molecule has 2 heterocycles. The molecule has 0 saturated carbocycles. The number of carbonyl (C=O) groups is 1. The first-order valence-corrected chi connectivity index (χ1v) is 9.24. The van der Waals surface area contributed by atoms with Crippen LogP contribution in [0.4, 0.5) is 0 Å². The van der Waals surface area contributed by atoms with Gasteiger partial charge in [-0.15, -0.1) is 11.3 Å². The highest BCUT2D eigenvalue weighted by Gasteiger charge is 2.17. The topological polar surface area (TPSA) is 79.0 Å². The Labute approximate surface area is 159 Å². The third kappa shape index (κ3) is 3.50. The van der Waals surface area contributed by atoms with Crippen molar-refractivity contribution in [2.75, 3.05) is 7.05 Å². The number of amides is 1. The Bertz CT molecular complexity index is 1170. The van der Waals surface area contributed by atoms with Crippen LogP contribution >= 0.6 is 11.3 Å². The molecule has 4 rings (SSSR count). The van der Waals surface area contributed by atoms with Crippen LogP contribution in [0.15, 0.2) is 64.8 Å². The van der Waals surface area contributed by atoms with Crippen molar-refractivity contribution in [3.05, 3.63) is 81.8 Å². The number of aromatic nitrogens is 3. The number of para-hydroxylation sites is 1. The molecule has 0 aliphatic carbocycles. The summed E-state index contributed by atoms with van der Waals surface area (Å²) in [4.78, 5) is 38.0. The van der Waals surface area contributed by atoms with E-state index in [0.29, 0.717) is 22.4 Å². The Hall–Kier alpha value is -3.32. The van der Waals surface area contributed by atoms with Gasteiger partial charge in [-0.25, -0.2) is 9.97 Å². The molecule has 0 aliphatic heterocycles. The minimum absolute atomic E-state index is 0.192. The number of H-pyrrole nitrogens is 1. The molecule has 0 fully saturated rings. The molecule has 0 radical (unpaired) electrons. The van der Waals surface area contributed by atoms with Gasteiger partial charge in [0.25, 0.3) is 11.5 Å². The summed E-state index contributed by atoms with van der Waals surface area (Å²) >= 11 is 1.43. The zero-order valence-corrected chi connectivity index (χ0v) is 15.4. The van der Waals surface area contributed by atoms with Crippen molar-refractivity contribution in [2.45, 2.75) is 6.54 Å². The van der Waals surface area contributed by atoms with Gasteiger partial charge in [0.05, 0.1) is 17.4 Å². The fourth-order valence-electron chi connectivity index (χ4n) is 2.79. The smallest absolute Gasteiger partial charge is 0.273 e. The fraction of sp³-hybridized carbons (Fsp3) is 0.100. The van der Waals surface area contributed by atoms with Gasteiger partial charge >= 0.3 is 0 Å². The van der Waals surface area contributed by atoms with Crippen LogP contribution in [0.3, 0.4) is 0 Å². The second-order valence-corrected chi connectivity index (χ2v) is 6.95. The molecular weight excluding hydrogens is 360 g/mol. The van der Waals surface area contributed by atoms with E-state index < -0.39 is 0 Å². The monoisotopic (exact) mass is 376 g/mol. The average Bonchev–Trinajstić information content (AvgIpc) is 3.18. The number of nitrogens with zero attached hydrogens (tertiary/aromatic N) is 3. The maximum Gasteiger partial charge on any atom is 0.273 e. The van der Waals surface area contributed by atoms with Crippen molar-refractivity contribution >= 4 is 28.1 Å². The summed E-state index contributed by atoms with van der Waals surface area (Å²) < 4.78 is 0. The number of hydrogen-bond acceptors (Lipinski definition) is 5. The Kier molecular flexibility index (Phi) is 4.52. The Balaban J connectivity index is 1.55. The zero-order chi connectivity index (χ0) is 18.8. The van der Waals surface area contributed by atoms with E-state index in [4.69, 9.17) is 0 Å². The number of fused-ring (bicyclic) bond motifs is 1. The van der Waals surface area contributed by atoms with Gasteiger partial charge in [0, 0.05) is 18.0 Å². The van der Waals surface area contributed by atoms with Crippen molar-refractivity contribution < 1.29 is 4.79 Å². The molecule has 2 aromatic heterocycles.